The second-order valence-electron chi connectivity index (χ2n) is 3.14. The minimum atomic E-state index is -1.04. The maximum absolute atomic E-state index is 10.8. The summed E-state index contributed by atoms with van der Waals surface area (Å²) in [6.07, 6.45) is 0. The molecule has 16 heavy (non-hydrogen) atoms. The van der Waals surface area contributed by atoms with Crippen LogP contribution < -0.4 is 4.90 Å². The van der Waals surface area contributed by atoms with E-state index in [1.807, 2.05) is 0 Å². The SMILES string of the molecule is CN(CC(=O)O)c1ccc(Br)cc1[N+](=O)[O-]. The predicted octanol–water partition coefficient (Wildman–Crippen LogP) is 1.88. The quantitative estimate of drug-likeness (QED) is 0.675. The van der Waals surface area contributed by atoms with Gasteiger partial charge in [0, 0.05) is 17.6 Å². The van der Waals surface area contributed by atoms with Gasteiger partial charge in [0.1, 0.15) is 12.2 Å². The first-order valence-corrected chi connectivity index (χ1v) is 5.08. The molecule has 1 aromatic rings. The lowest BCUT2D eigenvalue weighted by molar-refractivity contribution is -0.384. The second-order valence-corrected chi connectivity index (χ2v) is 4.06. The Bertz CT molecular complexity index is 436. The topological polar surface area (TPSA) is 83.7 Å². The van der Waals surface area contributed by atoms with Crippen molar-refractivity contribution in [3.8, 4) is 0 Å². The Morgan fingerprint density at radius 2 is 2.25 bits per heavy atom. The van der Waals surface area contributed by atoms with Crippen molar-refractivity contribution in [3.63, 3.8) is 0 Å². The van der Waals surface area contributed by atoms with E-state index in [0.29, 0.717) is 4.47 Å². The van der Waals surface area contributed by atoms with Crippen LogP contribution in [0.15, 0.2) is 22.7 Å². The van der Waals surface area contributed by atoms with E-state index in [4.69, 9.17) is 5.11 Å². The summed E-state index contributed by atoms with van der Waals surface area (Å²) in [5.74, 6) is -1.04. The number of carboxylic acids is 1. The van der Waals surface area contributed by atoms with Crippen LogP contribution in [0.4, 0.5) is 11.4 Å². The Balaban J connectivity index is 3.12. The van der Waals surface area contributed by atoms with E-state index in [9.17, 15) is 14.9 Å². The van der Waals surface area contributed by atoms with E-state index in [1.54, 1.807) is 6.07 Å². The lowest BCUT2D eigenvalue weighted by Gasteiger charge is -2.16. The van der Waals surface area contributed by atoms with Gasteiger partial charge in [0.15, 0.2) is 0 Å². The van der Waals surface area contributed by atoms with E-state index >= 15 is 0 Å². The Labute approximate surface area is 99.8 Å². The van der Waals surface area contributed by atoms with E-state index in [1.165, 1.54) is 24.1 Å². The molecule has 0 aromatic heterocycles. The van der Waals surface area contributed by atoms with Crippen molar-refractivity contribution in [2.24, 2.45) is 0 Å². The summed E-state index contributed by atoms with van der Waals surface area (Å²) in [5, 5.41) is 19.4. The number of anilines is 1. The van der Waals surface area contributed by atoms with Gasteiger partial charge in [-0.2, -0.15) is 0 Å². The first-order valence-electron chi connectivity index (χ1n) is 4.28. The lowest BCUT2D eigenvalue weighted by Crippen LogP contribution is -2.25. The molecule has 0 aliphatic heterocycles. The molecule has 6 nitrogen and oxygen atoms in total. The molecule has 0 spiro atoms. The van der Waals surface area contributed by atoms with Crippen molar-refractivity contribution in [1.29, 1.82) is 0 Å². The average Bonchev–Trinajstić information content (AvgIpc) is 2.16. The molecular formula is C9H9BrN2O4. The van der Waals surface area contributed by atoms with Crippen LogP contribution in [0.5, 0.6) is 0 Å². The lowest BCUT2D eigenvalue weighted by atomic mass is 10.2. The number of nitrogens with zero attached hydrogens (tertiary/aromatic N) is 2. The summed E-state index contributed by atoms with van der Waals surface area (Å²) < 4.78 is 0.576. The van der Waals surface area contributed by atoms with E-state index in [2.05, 4.69) is 15.9 Å². The fourth-order valence-electron chi connectivity index (χ4n) is 1.25. The van der Waals surface area contributed by atoms with Crippen molar-refractivity contribution in [3.05, 3.63) is 32.8 Å². The van der Waals surface area contributed by atoms with Gasteiger partial charge in [-0.1, -0.05) is 15.9 Å². The normalized spacial score (nSPS) is 9.88. The van der Waals surface area contributed by atoms with E-state index < -0.39 is 10.9 Å². The van der Waals surface area contributed by atoms with Gasteiger partial charge in [-0.25, -0.2) is 0 Å². The minimum Gasteiger partial charge on any atom is -0.480 e. The van der Waals surface area contributed by atoms with E-state index in [0.717, 1.165) is 0 Å². The van der Waals surface area contributed by atoms with Crippen LogP contribution in [0.2, 0.25) is 0 Å². The minimum absolute atomic E-state index is 0.127. The molecule has 0 amide bonds. The van der Waals surface area contributed by atoms with Gasteiger partial charge < -0.3 is 10.0 Å². The van der Waals surface area contributed by atoms with Crippen molar-refractivity contribution >= 4 is 33.3 Å². The molecule has 0 radical (unpaired) electrons. The summed E-state index contributed by atoms with van der Waals surface area (Å²) in [6.45, 7) is -0.289. The molecule has 1 rings (SSSR count). The largest absolute Gasteiger partial charge is 0.480 e. The monoisotopic (exact) mass is 288 g/mol. The Kier molecular flexibility index (Phi) is 3.83. The second kappa shape index (κ2) is 4.93. The number of carboxylic acid groups (broad SMARTS) is 1. The van der Waals surface area contributed by atoms with E-state index in [-0.39, 0.29) is 17.9 Å². The Hall–Kier alpha value is -1.63. The van der Waals surface area contributed by atoms with Gasteiger partial charge in [0.2, 0.25) is 0 Å². The van der Waals surface area contributed by atoms with Crippen LogP contribution in [-0.4, -0.2) is 29.6 Å². The highest BCUT2D eigenvalue weighted by Gasteiger charge is 2.18. The molecule has 0 aliphatic rings. The average molecular weight is 289 g/mol. The van der Waals surface area contributed by atoms with Gasteiger partial charge >= 0.3 is 5.97 Å². The molecule has 7 heteroatoms. The van der Waals surface area contributed by atoms with Gasteiger partial charge in [-0.3, -0.25) is 14.9 Å². The third-order valence-corrected chi connectivity index (χ3v) is 2.41. The molecule has 0 atom stereocenters. The van der Waals surface area contributed by atoms with Crippen LogP contribution in [0.3, 0.4) is 0 Å². The van der Waals surface area contributed by atoms with Crippen molar-refractivity contribution in [2.45, 2.75) is 0 Å². The maximum Gasteiger partial charge on any atom is 0.323 e. The van der Waals surface area contributed by atoms with Crippen LogP contribution >= 0.6 is 15.9 Å². The van der Waals surface area contributed by atoms with Crippen LogP contribution in [0.1, 0.15) is 0 Å². The molecule has 0 heterocycles. The molecule has 86 valence electrons. The molecule has 0 aliphatic carbocycles. The van der Waals surface area contributed by atoms with Gasteiger partial charge in [0.25, 0.3) is 5.69 Å². The summed E-state index contributed by atoms with van der Waals surface area (Å²) in [4.78, 5) is 22.1. The first kappa shape index (κ1) is 12.4. The number of hydrogen-bond acceptors (Lipinski definition) is 4. The molecular weight excluding hydrogens is 280 g/mol. The number of hydrogen-bond donors (Lipinski definition) is 1. The Morgan fingerprint density at radius 1 is 1.62 bits per heavy atom. The highest BCUT2D eigenvalue weighted by Crippen LogP contribution is 2.30. The Morgan fingerprint density at radius 3 is 2.75 bits per heavy atom. The summed E-state index contributed by atoms with van der Waals surface area (Å²) in [6, 6.07) is 4.47. The standard InChI is InChI=1S/C9H9BrN2O4/c1-11(5-9(13)14)7-3-2-6(10)4-8(7)12(15)16/h2-4H,5H2,1H3,(H,13,14). The van der Waals surface area contributed by atoms with Crippen molar-refractivity contribution < 1.29 is 14.8 Å². The van der Waals surface area contributed by atoms with Crippen LogP contribution in [0, 0.1) is 10.1 Å². The zero-order valence-corrected chi connectivity index (χ0v) is 9.97. The van der Waals surface area contributed by atoms with Crippen LogP contribution in [0.25, 0.3) is 0 Å². The fourth-order valence-corrected chi connectivity index (χ4v) is 1.60. The number of benzene rings is 1. The zero-order valence-electron chi connectivity index (χ0n) is 8.38. The number of halogens is 1. The summed E-state index contributed by atoms with van der Waals surface area (Å²) in [5.41, 5.74) is 0.147. The maximum atomic E-state index is 10.8. The van der Waals surface area contributed by atoms with Crippen LogP contribution in [-0.2, 0) is 4.79 Å². The molecule has 1 aromatic carbocycles. The smallest absolute Gasteiger partial charge is 0.323 e. The fraction of sp³-hybridized carbons (Fsp3) is 0.222. The third-order valence-electron chi connectivity index (χ3n) is 1.92. The highest BCUT2D eigenvalue weighted by molar-refractivity contribution is 9.10. The number of rotatable bonds is 4. The summed E-state index contributed by atoms with van der Waals surface area (Å²) in [7, 11) is 1.49. The van der Waals surface area contributed by atoms with Gasteiger partial charge in [0.05, 0.1) is 4.92 Å². The molecule has 0 bridgehead atoms. The van der Waals surface area contributed by atoms with Crippen molar-refractivity contribution in [2.75, 3.05) is 18.5 Å². The number of nitro groups is 1. The van der Waals surface area contributed by atoms with Gasteiger partial charge in [-0.15, -0.1) is 0 Å². The molecule has 0 saturated carbocycles. The molecule has 0 unspecified atom stereocenters. The zero-order chi connectivity index (χ0) is 12.3. The molecule has 0 fully saturated rings. The van der Waals surface area contributed by atoms with Crippen molar-refractivity contribution in [1.82, 2.24) is 0 Å². The number of nitro benzene ring substituents is 1. The van der Waals surface area contributed by atoms with Gasteiger partial charge in [-0.05, 0) is 12.1 Å². The summed E-state index contributed by atoms with van der Waals surface area (Å²) >= 11 is 3.13. The first-order chi connectivity index (χ1) is 7.41. The third kappa shape index (κ3) is 2.93. The number of carbonyl (C=O) groups is 1. The molecule has 0 saturated heterocycles. The highest BCUT2D eigenvalue weighted by atomic mass is 79.9. The number of likely N-dealkylation sites (N-methyl/N-ethyl adjacent to an activating group) is 1. The number of aliphatic carboxylic acids is 1. The predicted molar refractivity (Wildman–Crippen MR) is 61.7 cm³/mol. The molecule has 1 N–H and O–H groups in total.